The number of nitrogens with two attached hydrogens (primary N) is 3. The lowest BCUT2D eigenvalue weighted by molar-refractivity contribution is -0.142. The zero-order valence-electron chi connectivity index (χ0n) is 25.9. The maximum absolute atomic E-state index is 12.7. The van der Waals surface area contributed by atoms with E-state index in [1.165, 1.54) is 6.92 Å². The van der Waals surface area contributed by atoms with Gasteiger partial charge in [-0.1, -0.05) is 34.1 Å². The van der Waals surface area contributed by atoms with Crippen molar-refractivity contribution in [3.05, 3.63) is 0 Å². The molecule has 0 aromatic heterocycles. The number of carboxylic acid groups (broad SMARTS) is 1. The van der Waals surface area contributed by atoms with Crippen LogP contribution in [0.3, 0.4) is 0 Å². The zero-order valence-corrected chi connectivity index (χ0v) is 25.9. The lowest BCUT2D eigenvalue weighted by Crippen LogP contribution is -2.56. The molecule has 0 saturated heterocycles. The number of Topliss-reactive ketones (excluding diaryl/α,β-unsaturated/α-hetero) is 1. The minimum absolute atomic E-state index is 0.0646. The van der Waals surface area contributed by atoms with Crippen molar-refractivity contribution in [2.75, 3.05) is 6.54 Å². The lowest BCUT2D eigenvalue weighted by atomic mass is 9.96. The fraction of sp³-hybridized carbons (Fsp3) is 0.750. The molecular weight excluding hydrogens is 562 g/mol. The molecule has 15 heteroatoms. The molecule has 0 rings (SSSR count). The first-order valence-corrected chi connectivity index (χ1v) is 14.7. The van der Waals surface area contributed by atoms with Crippen molar-refractivity contribution >= 4 is 41.3 Å². The van der Waals surface area contributed by atoms with Gasteiger partial charge in [0.15, 0.2) is 0 Å². The first-order valence-electron chi connectivity index (χ1n) is 14.7. The van der Waals surface area contributed by atoms with E-state index in [0.717, 1.165) is 0 Å². The predicted molar refractivity (Wildman–Crippen MR) is 159 cm³/mol. The maximum Gasteiger partial charge on any atom is 0.326 e. The fourth-order valence-electron chi connectivity index (χ4n) is 4.20. The molecule has 6 atom stereocenters. The van der Waals surface area contributed by atoms with Crippen LogP contribution in [-0.4, -0.2) is 83.1 Å². The molecule has 0 heterocycles. The van der Waals surface area contributed by atoms with Crippen LogP contribution in [0.5, 0.6) is 0 Å². The highest BCUT2D eigenvalue weighted by molar-refractivity contribution is 5.92. The van der Waals surface area contributed by atoms with Crippen molar-refractivity contribution in [2.45, 2.75) is 116 Å². The van der Waals surface area contributed by atoms with Crippen molar-refractivity contribution < 1.29 is 38.7 Å². The van der Waals surface area contributed by atoms with Crippen LogP contribution in [0.1, 0.15) is 86.0 Å². The van der Waals surface area contributed by atoms with E-state index in [1.54, 1.807) is 13.8 Å². The summed E-state index contributed by atoms with van der Waals surface area (Å²) in [5.74, 6) is -4.81. The Labute approximate surface area is 253 Å². The van der Waals surface area contributed by atoms with Gasteiger partial charge in [0.05, 0.1) is 18.1 Å². The summed E-state index contributed by atoms with van der Waals surface area (Å²) < 4.78 is 0. The Morgan fingerprint density at radius 2 is 1.40 bits per heavy atom. The molecule has 0 saturated carbocycles. The first kappa shape index (κ1) is 39.4. The Balaban J connectivity index is 4.67. The Kier molecular flexibility index (Phi) is 18.6. The van der Waals surface area contributed by atoms with Crippen LogP contribution in [0.4, 0.5) is 0 Å². The second kappa shape index (κ2) is 20.3. The SMILES string of the molecule is CC[C@H](C)[C@H](NC(CCC(=O)NCCCCC(N)C(=O)N[C@H](C(=O)NC(CCC(N)=O)C(=O)O)C(C)C)C(C)=O)C(N)=O. The van der Waals surface area contributed by atoms with Gasteiger partial charge in [0.2, 0.25) is 29.5 Å². The topological polar surface area (TPSA) is 266 Å². The summed E-state index contributed by atoms with van der Waals surface area (Å²) in [6.07, 6.45) is 1.83. The van der Waals surface area contributed by atoms with Crippen molar-refractivity contribution in [2.24, 2.45) is 29.0 Å². The van der Waals surface area contributed by atoms with Crippen LogP contribution >= 0.6 is 0 Å². The van der Waals surface area contributed by atoms with Crippen LogP contribution in [0.25, 0.3) is 0 Å². The molecule has 0 aromatic rings. The summed E-state index contributed by atoms with van der Waals surface area (Å²) in [7, 11) is 0. The largest absolute Gasteiger partial charge is 0.480 e. The number of ketones is 1. The number of primary amides is 2. The van der Waals surface area contributed by atoms with Crippen LogP contribution in [0, 0.1) is 11.8 Å². The number of rotatable bonds is 23. The third-order valence-electron chi connectivity index (χ3n) is 7.19. The molecule has 43 heavy (non-hydrogen) atoms. The van der Waals surface area contributed by atoms with Crippen molar-refractivity contribution in [1.82, 2.24) is 21.3 Å². The molecule has 0 aliphatic carbocycles. The first-order chi connectivity index (χ1) is 20.0. The van der Waals surface area contributed by atoms with Gasteiger partial charge < -0.3 is 38.3 Å². The summed E-state index contributed by atoms with van der Waals surface area (Å²) in [6, 6.07) is -4.70. The monoisotopic (exact) mass is 613 g/mol. The van der Waals surface area contributed by atoms with Gasteiger partial charge in [-0.25, -0.2) is 4.79 Å². The average molecular weight is 614 g/mol. The van der Waals surface area contributed by atoms with E-state index in [4.69, 9.17) is 17.2 Å². The number of hydrogen-bond donors (Lipinski definition) is 8. The Hall–Kier alpha value is -3.59. The summed E-state index contributed by atoms with van der Waals surface area (Å²) >= 11 is 0. The summed E-state index contributed by atoms with van der Waals surface area (Å²) in [5.41, 5.74) is 16.5. The van der Waals surface area contributed by atoms with Gasteiger partial charge in [-0.05, 0) is 50.9 Å². The number of hydrogen-bond acceptors (Lipinski definition) is 9. The third-order valence-corrected chi connectivity index (χ3v) is 7.19. The maximum atomic E-state index is 12.7. The molecule has 11 N–H and O–H groups in total. The highest BCUT2D eigenvalue weighted by atomic mass is 16.4. The molecule has 246 valence electrons. The zero-order chi connectivity index (χ0) is 33.3. The summed E-state index contributed by atoms with van der Waals surface area (Å²) in [4.78, 5) is 83.9. The number of carboxylic acids is 1. The molecular formula is C28H51N7O8. The van der Waals surface area contributed by atoms with Crippen molar-refractivity contribution in [3.63, 3.8) is 0 Å². The Bertz CT molecular complexity index is 975. The number of aliphatic carboxylic acids is 1. The molecule has 0 spiro atoms. The number of amides is 5. The van der Waals surface area contributed by atoms with E-state index in [2.05, 4.69) is 21.3 Å². The number of unbranched alkanes of at least 4 members (excludes halogenated alkanes) is 1. The van der Waals surface area contributed by atoms with Crippen LogP contribution in [-0.2, 0) is 33.6 Å². The Morgan fingerprint density at radius 3 is 1.88 bits per heavy atom. The fourth-order valence-corrected chi connectivity index (χ4v) is 4.20. The summed E-state index contributed by atoms with van der Waals surface area (Å²) in [6.45, 7) is 8.83. The van der Waals surface area contributed by atoms with E-state index < -0.39 is 59.8 Å². The van der Waals surface area contributed by atoms with Gasteiger partial charge in [-0.2, -0.15) is 0 Å². The van der Waals surface area contributed by atoms with Crippen molar-refractivity contribution in [3.8, 4) is 0 Å². The minimum Gasteiger partial charge on any atom is -0.480 e. The van der Waals surface area contributed by atoms with Crippen LogP contribution < -0.4 is 38.5 Å². The summed E-state index contributed by atoms with van der Waals surface area (Å²) in [5, 5.41) is 19.9. The average Bonchev–Trinajstić information content (AvgIpc) is 2.91. The van der Waals surface area contributed by atoms with E-state index >= 15 is 0 Å². The van der Waals surface area contributed by atoms with Crippen molar-refractivity contribution in [1.29, 1.82) is 0 Å². The standard InChI is InChI=1S/C28H51N7O8/c1-6-16(4)24(25(31)39)33-19(17(5)36)11-13-22(38)32-14-8-7-9-18(29)26(40)35-23(15(2)3)27(41)34-20(28(42)43)10-12-21(30)37/h15-16,18-20,23-24,33H,6-14,29H2,1-5H3,(H2,30,37)(H2,31,39)(H,32,38)(H,34,41)(H,35,40)(H,42,43)/t16-,18?,19?,20?,23-,24-/m0/s1. The smallest absolute Gasteiger partial charge is 0.326 e. The Morgan fingerprint density at radius 1 is 0.791 bits per heavy atom. The van der Waals surface area contributed by atoms with E-state index in [9.17, 15) is 38.7 Å². The van der Waals surface area contributed by atoms with Gasteiger partial charge >= 0.3 is 5.97 Å². The van der Waals surface area contributed by atoms with Crippen LogP contribution in [0.15, 0.2) is 0 Å². The van der Waals surface area contributed by atoms with E-state index in [1.807, 2.05) is 13.8 Å². The molecule has 0 aliphatic rings. The molecule has 5 amide bonds. The molecule has 3 unspecified atom stereocenters. The van der Waals surface area contributed by atoms with E-state index in [-0.39, 0.29) is 55.6 Å². The lowest BCUT2D eigenvalue weighted by Gasteiger charge is -2.26. The number of carbonyl (C=O) groups is 7. The minimum atomic E-state index is -1.34. The molecule has 15 nitrogen and oxygen atoms in total. The molecule has 0 aromatic carbocycles. The molecule has 0 radical (unpaired) electrons. The number of carbonyl (C=O) groups excluding carboxylic acids is 6. The van der Waals surface area contributed by atoms with Gasteiger partial charge in [-0.3, -0.25) is 34.1 Å². The second-order valence-electron chi connectivity index (χ2n) is 11.2. The molecule has 0 bridgehead atoms. The predicted octanol–water partition coefficient (Wildman–Crippen LogP) is -1.20. The molecule has 0 aliphatic heterocycles. The van der Waals surface area contributed by atoms with Gasteiger partial charge in [-0.15, -0.1) is 0 Å². The van der Waals surface area contributed by atoms with Gasteiger partial charge in [0, 0.05) is 19.4 Å². The van der Waals surface area contributed by atoms with Crippen LogP contribution in [0.2, 0.25) is 0 Å². The normalized spacial score (nSPS) is 15.3. The third kappa shape index (κ3) is 16.0. The van der Waals surface area contributed by atoms with E-state index in [0.29, 0.717) is 25.8 Å². The highest BCUT2D eigenvalue weighted by Gasteiger charge is 2.30. The van der Waals surface area contributed by atoms with Gasteiger partial charge in [0.1, 0.15) is 17.9 Å². The quantitative estimate of drug-likeness (QED) is 0.0638. The number of nitrogens with one attached hydrogen (secondary N) is 4. The highest BCUT2D eigenvalue weighted by Crippen LogP contribution is 2.11. The van der Waals surface area contributed by atoms with Gasteiger partial charge in [0.25, 0.3) is 0 Å². The second-order valence-corrected chi connectivity index (χ2v) is 11.2. The molecule has 0 fully saturated rings.